The monoisotopic (exact) mass is 452 g/mol. The molecule has 1 atom stereocenters. The molecule has 2 N–H and O–H groups in total. The first-order valence-corrected chi connectivity index (χ1v) is 9.79. The summed E-state index contributed by atoms with van der Waals surface area (Å²) >= 11 is 4.77. The largest absolute Gasteiger partial charge is 0.497 e. The number of fused-ring (bicyclic) bond motifs is 4. The van der Waals surface area contributed by atoms with Crippen LogP contribution in [0.1, 0.15) is 17.5 Å². The number of nitrogens with one attached hydrogen (secondary N) is 1. The van der Waals surface area contributed by atoms with Crippen molar-refractivity contribution in [2.75, 3.05) is 12.9 Å². The summed E-state index contributed by atoms with van der Waals surface area (Å²) in [5, 5.41) is 11.7. The van der Waals surface area contributed by atoms with Crippen LogP contribution in [-0.4, -0.2) is 29.2 Å². The molecule has 0 aromatic heterocycles. The lowest BCUT2D eigenvalue weighted by atomic mass is 9.78. The van der Waals surface area contributed by atoms with Gasteiger partial charge in [0.25, 0.3) is 0 Å². The van der Waals surface area contributed by atoms with E-state index in [1.807, 2.05) is 6.07 Å². The first-order chi connectivity index (χ1) is 12.9. The number of methoxy groups -OCH3 is 1. The number of benzene rings is 2. The van der Waals surface area contributed by atoms with Gasteiger partial charge in [0.1, 0.15) is 17.0 Å². The summed E-state index contributed by atoms with van der Waals surface area (Å²) in [6.07, 6.45) is -0.647. The standard InChI is InChI=1S/C18H14BrFN2O4S/c1-25-10-7-12-15(13(20)8-10)26-14-3-2-9(19)6-11(14)18(12)4-5-27-16(22-18)21-17(23)24/h2-3,6-8H,4-5H2,1H3,(H,21,22)(H,23,24). The van der Waals surface area contributed by atoms with Gasteiger partial charge >= 0.3 is 6.09 Å². The van der Waals surface area contributed by atoms with Gasteiger partial charge in [-0.05, 0) is 30.7 Å². The van der Waals surface area contributed by atoms with Gasteiger partial charge in [0.15, 0.2) is 16.7 Å². The number of halogens is 2. The number of aliphatic imine (C=N–C) groups is 1. The molecular formula is C18H14BrFN2O4S. The van der Waals surface area contributed by atoms with E-state index in [0.29, 0.717) is 29.2 Å². The Morgan fingerprint density at radius 1 is 1.41 bits per heavy atom. The zero-order valence-corrected chi connectivity index (χ0v) is 16.5. The quantitative estimate of drug-likeness (QED) is 0.654. The van der Waals surface area contributed by atoms with Crippen molar-refractivity contribution in [2.45, 2.75) is 12.0 Å². The summed E-state index contributed by atoms with van der Waals surface area (Å²) in [6, 6.07) is 8.37. The fourth-order valence-corrected chi connectivity index (χ4v) is 4.70. The average molecular weight is 453 g/mol. The number of amidine groups is 1. The first kappa shape index (κ1) is 18.1. The van der Waals surface area contributed by atoms with Crippen LogP contribution in [0.4, 0.5) is 9.18 Å². The maximum absolute atomic E-state index is 14.8. The second kappa shape index (κ2) is 6.72. The van der Waals surface area contributed by atoms with Gasteiger partial charge in [-0.1, -0.05) is 27.7 Å². The Morgan fingerprint density at radius 2 is 2.22 bits per heavy atom. The Balaban J connectivity index is 2.01. The van der Waals surface area contributed by atoms with Crippen molar-refractivity contribution in [3.63, 3.8) is 0 Å². The molecule has 2 aliphatic heterocycles. The first-order valence-electron chi connectivity index (χ1n) is 8.01. The molecule has 0 fully saturated rings. The average Bonchev–Trinajstić information content (AvgIpc) is 2.63. The molecule has 27 heavy (non-hydrogen) atoms. The second-order valence-electron chi connectivity index (χ2n) is 6.03. The Labute approximate surface area is 166 Å². The molecular weight excluding hydrogens is 439 g/mol. The number of nitrogens with zero attached hydrogens (tertiary/aromatic N) is 1. The molecule has 0 radical (unpaired) electrons. The van der Waals surface area contributed by atoms with Gasteiger partial charge < -0.3 is 14.6 Å². The van der Waals surface area contributed by atoms with Gasteiger partial charge in [-0.25, -0.2) is 14.2 Å². The van der Waals surface area contributed by atoms with Crippen LogP contribution in [0.2, 0.25) is 0 Å². The number of carbonyl (C=O) groups is 1. The fraction of sp³-hybridized carbons (Fsp3) is 0.222. The SMILES string of the molecule is COc1cc(F)c2c(c1)C1(CCSC(NC(=O)O)=N1)c1cc(Br)ccc1O2. The Bertz CT molecular complexity index is 984. The van der Waals surface area contributed by atoms with Gasteiger partial charge in [0.2, 0.25) is 0 Å². The summed E-state index contributed by atoms with van der Waals surface area (Å²) in [7, 11) is 1.46. The molecule has 2 aromatic carbocycles. The van der Waals surface area contributed by atoms with Gasteiger partial charge in [0.05, 0.1) is 7.11 Å². The predicted molar refractivity (Wildman–Crippen MR) is 104 cm³/mol. The summed E-state index contributed by atoms with van der Waals surface area (Å²) in [4.78, 5) is 15.8. The maximum atomic E-state index is 14.8. The lowest BCUT2D eigenvalue weighted by molar-refractivity contribution is 0.200. The van der Waals surface area contributed by atoms with Crippen molar-refractivity contribution in [3.8, 4) is 17.2 Å². The molecule has 2 heterocycles. The van der Waals surface area contributed by atoms with E-state index < -0.39 is 17.4 Å². The van der Waals surface area contributed by atoms with Crippen LogP contribution in [-0.2, 0) is 5.54 Å². The van der Waals surface area contributed by atoms with Crippen LogP contribution in [0.15, 0.2) is 39.8 Å². The molecule has 0 saturated heterocycles. The van der Waals surface area contributed by atoms with E-state index in [1.54, 1.807) is 18.2 Å². The van der Waals surface area contributed by atoms with Crippen LogP contribution < -0.4 is 14.8 Å². The highest BCUT2D eigenvalue weighted by molar-refractivity contribution is 9.10. The van der Waals surface area contributed by atoms with E-state index in [4.69, 9.17) is 19.6 Å². The molecule has 0 saturated carbocycles. The highest BCUT2D eigenvalue weighted by atomic mass is 79.9. The van der Waals surface area contributed by atoms with Crippen molar-refractivity contribution in [2.24, 2.45) is 4.99 Å². The minimum absolute atomic E-state index is 0.0796. The van der Waals surface area contributed by atoms with Crippen LogP contribution in [0.25, 0.3) is 0 Å². The molecule has 1 unspecified atom stereocenters. The van der Waals surface area contributed by atoms with E-state index in [0.717, 1.165) is 10.0 Å². The number of rotatable bonds is 1. The lowest BCUT2D eigenvalue weighted by Gasteiger charge is -2.40. The summed E-state index contributed by atoms with van der Waals surface area (Å²) in [5.74, 6) is 0.951. The van der Waals surface area contributed by atoms with Crippen molar-refractivity contribution >= 4 is 39.0 Å². The highest BCUT2D eigenvalue weighted by Crippen LogP contribution is 2.54. The van der Waals surface area contributed by atoms with E-state index in [2.05, 4.69) is 21.2 Å². The van der Waals surface area contributed by atoms with Gasteiger partial charge in [-0.15, -0.1) is 0 Å². The molecule has 4 rings (SSSR count). The second-order valence-corrected chi connectivity index (χ2v) is 8.03. The molecule has 1 spiro atoms. The van der Waals surface area contributed by atoms with Crippen molar-refractivity contribution < 1.29 is 23.8 Å². The van der Waals surface area contributed by atoms with Gasteiger partial charge in [0, 0.05) is 27.4 Å². The van der Waals surface area contributed by atoms with E-state index in [-0.39, 0.29) is 10.9 Å². The van der Waals surface area contributed by atoms with Crippen LogP contribution in [0.3, 0.4) is 0 Å². The van der Waals surface area contributed by atoms with Crippen LogP contribution >= 0.6 is 27.7 Å². The van der Waals surface area contributed by atoms with Gasteiger partial charge in [-0.3, -0.25) is 5.32 Å². The Hall–Kier alpha value is -2.26. The van der Waals surface area contributed by atoms with Crippen molar-refractivity contribution in [3.05, 3.63) is 51.7 Å². The normalized spacial score (nSPS) is 20.2. The molecule has 0 aliphatic carbocycles. The van der Waals surface area contributed by atoms with Crippen LogP contribution in [0, 0.1) is 5.82 Å². The van der Waals surface area contributed by atoms with Crippen molar-refractivity contribution in [1.82, 2.24) is 5.32 Å². The molecule has 9 heteroatoms. The van der Waals surface area contributed by atoms with E-state index in [9.17, 15) is 9.18 Å². The van der Waals surface area contributed by atoms with E-state index in [1.165, 1.54) is 24.9 Å². The molecule has 140 valence electrons. The van der Waals surface area contributed by atoms with Crippen molar-refractivity contribution in [1.29, 1.82) is 0 Å². The Kier molecular flexibility index (Phi) is 4.51. The molecule has 2 aliphatic rings. The topological polar surface area (TPSA) is 80.2 Å². The highest BCUT2D eigenvalue weighted by Gasteiger charge is 2.46. The summed E-state index contributed by atoms with van der Waals surface area (Å²) in [6.45, 7) is 0. The number of carboxylic acid groups (broad SMARTS) is 1. The maximum Gasteiger partial charge on any atom is 0.410 e. The minimum Gasteiger partial charge on any atom is -0.497 e. The predicted octanol–water partition coefficient (Wildman–Crippen LogP) is 4.71. The zero-order chi connectivity index (χ0) is 19.2. The fourth-order valence-electron chi connectivity index (χ4n) is 3.37. The number of hydrogen-bond donors (Lipinski definition) is 2. The Morgan fingerprint density at radius 3 is 2.96 bits per heavy atom. The molecule has 2 aromatic rings. The molecule has 0 bridgehead atoms. The third-order valence-electron chi connectivity index (χ3n) is 4.51. The smallest absolute Gasteiger partial charge is 0.410 e. The third-order valence-corrected chi connectivity index (χ3v) is 5.87. The minimum atomic E-state index is -1.20. The molecule has 6 nitrogen and oxygen atoms in total. The number of amides is 1. The lowest BCUT2D eigenvalue weighted by Crippen LogP contribution is -2.38. The zero-order valence-electron chi connectivity index (χ0n) is 14.1. The van der Waals surface area contributed by atoms with Crippen LogP contribution in [0.5, 0.6) is 17.2 Å². The number of hydrogen-bond acceptors (Lipinski definition) is 5. The number of thioether (sulfide) groups is 1. The van der Waals surface area contributed by atoms with Gasteiger partial charge in [-0.2, -0.15) is 0 Å². The summed E-state index contributed by atoms with van der Waals surface area (Å²) < 4.78 is 26.6. The van der Waals surface area contributed by atoms with E-state index >= 15 is 0 Å². The number of ether oxygens (including phenoxy) is 2. The third kappa shape index (κ3) is 3.04. The summed E-state index contributed by atoms with van der Waals surface area (Å²) in [5.41, 5.74) is 0.266. The molecule has 1 amide bonds.